The number of hydrogen-bond donors (Lipinski definition) is 0. The monoisotopic (exact) mass is 328 g/mol. The molecule has 0 radical (unpaired) electrons. The zero-order chi connectivity index (χ0) is 17.9. The molecule has 0 saturated carbocycles. The smallest absolute Gasteiger partial charge is 0.203 e. The van der Waals surface area contributed by atoms with E-state index in [9.17, 15) is 9.59 Å². The Morgan fingerprint density at radius 3 is 1.42 bits per heavy atom. The van der Waals surface area contributed by atoms with E-state index in [-0.39, 0.29) is 23.0 Å². The van der Waals surface area contributed by atoms with Crippen LogP contribution in [0.15, 0.2) is 46.7 Å². The summed E-state index contributed by atoms with van der Waals surface area (Å²) in [7, 11) is 2.78. The normalized spacial score (nSPS) is 12.7. The number of oxime groups is 2. The average molecular weight is 328 g/mol. The third-order valence-corrected chi connectivity index (χ3v) is 2.96. The number of hydrogen-bond acceptors (Lipinski definition) is 6. The lowest BCUT2D eigenvalue weighted by Gasteiger charge is -1.97. The highest BCUT2D eigenvalue weighted by atomic mass is 16.6. The summed E-state index contributed by atoms with van der Waals surface area (Å²) < 4.78 is 0. The lowest BCUT2D eigenvalue weighted by atomic mass is 10.1. The summed E-state index contributed by atoms with van der Waals surface area (Å²) in [6.07, 6.45) is 6.23. The van der Waals surface area contributed by atoms with Crippen molar-refractivity contribution in [1.29, 1.82) is 0 Å². The first kappa shape index (κ1) is 19.0. The Morgan fingerprint density at radius 1 is 0.792 bits per heavy atom. The second-order valence-corrected chi connectivity index (χ2v) is 4.78. The van der Waals surface area contributed by atoms with Crippen LogP contribution in [0.4, 0.5) is 0 Å². The highest BCUT2D eigenvalue weighted by Crippen LogP contribution is 2.08. The predicted molar refractivity (Wildman–Crippen MR) is 94.8 cm³/mol. The van der Waals surface area contributed by atoms with Crippen LogP contribution >= 0.6 is 0 Å². The quantitative estimate of drug-likeness (QED) is 0.418. The molecule has 0 spiro atoms. The van der Waals surface area contributed by atoms with Crippen molar-refractivity contribution in [2.75, 3.05) is 14.2 Å². The van der Waals surface area contributed by atoms with Crippen molar-refractivity contribution in [3.63, 3.8) is 0 Å². The van der Waals surface area contributed by atoms with E-state index < -0.39 is 0 Å². The molecule has 0 aliphatic carbocycles. The predicted octanol–water partition coefficient (Wildman–Crippen LogP) is 2.90. The maximum atomic E-state index is 11.7. The molecule has 24 heavy (non-hydrogen) atoms. The number of ketones is 2. The number of carbonyl (C=O) groups is 2. The van der Waals surface area contributed by atoms with E-state index in [0.717, 1.165) is 11.1 Å². The number of nitrogens with zero attached hydrogens (tertiary/aromatic N) is 2. The van der Waals surface area contributed by atoms with Crippen LogP contribution in [0.2, 0.25) is 0 Å². The molecule has 1 aromatic rings. The molecule has 0 atom stereocenters. The summed E-state index contributed by atoms with van der Waals surface area (Å²) in [6.45, 7) is 3.16. The molecule has 0 heterocycles. The van der Waals surface area contributed by atoms with Crippen molar-refractivity contribution in [2.24, 2.45) is 10.3 Å². The first-order valence-corrected chi connectivity index (χ1v) is 7.18. The van der Waals surface area contributed by atoms with Crippen molar-refractivity contribution < 1.29 is 19.3 Å². The van der Waals surface area contributed by atoms with Crippen LogP contribution in [0.3, 0.4) is 0 Å². The maximum Gasteiger partial charge on any atom is 0.203 e. The topological polar surface area (TPSA) is 77.3 Å². The van der Waals surface area contributed by atoms with Crippen molar-refractivity contribution in [3.05, 3.63) is 47.5 Å². The maximum absolute atomic E-state index is 11.7. The molecule has 6 heteroatoms. The van der Waals surface area contributed by atoms with Gasteiger partial charge >= 0.3 is 0 Å². The largest absolute Gasteiger partial charge is 0.399 e. The summed E-state index contributed by atoms with van der Waals surface area (Å²) >= 11 is 0. The van der Waals surface area contributed by atoms with Crippen LogP contribution in [0.5, 0.6) is 0 Å². The molecule has 0 amide bonds. The van der Waals surface area contributed by atoms with Crippen LogP contribution in [-0.2, 0) is 19.3 Å². The fourth-order valence-corrected chi connectivity index (χ4v) is 1.67. The van der Waals surface area contributed by atoms with Crippen LogP contribution in [-0.4, -0.2) is 37.2 Å². The lowest BCUT2D eigenvalue weighted by Crippen LogP contribution is -2.06. The van der Waals surface area contributed by atoms with Crippen LogP contribution in [0, 0.1) is 0 Å². The second-order valence-electron chi connectivity index (χ2n) is 4.78. The summed E-state index contributed by atoms with van der Waals surface area (Å²) in [5.41, 5.74) is 2.27. The standard InChI is InChI=1S/C18H20N2O4/c1-13(19-23-3)17(21)11-9-15-5-7-16(8-6-15)10-12-18(22)14(2)20-24-4/h5-12H,1-4H3/b11-9+,12-10+,19-13+,20-14+. The Hall–Kier alpha value is -3.02. The third kappa shape index (κ3) is 6.39. The molecule has 1 aromatic carbocycles. The molecule has 0 unspecified atom stereocenters. The van der Waals surface area contributed by atoms with Gasteiger partial charge in [0.05, 0.1) is 0 Å². The van der Waals surface area contributed by atoms with Crippen molar-refractivity contribution >= 4 is 35.1 Å². The molecule has 1 rings (SSSR count). The van der Waals surface area contributed by atoms with E-state index in [0.29, 0.717) is 0 Å². The van der Waals surface area contributed by atoms with Gasteiger partial charge in [-0.05, 0) is 37.1 Å². The summed E-state index contributed by atoms with van der Waals surface area (Å²) in [4.78, 5) is 32.5. The van der Waals surface area contributed by atoms with E-state index in [4.69, 9.17) is 0 Å². The molecule has 126 valence electrons. The molecule has 0 aliphatic heterocycles. The summed E-state index contributed by atoms with van der Waals surface area (Å²) in [6, 6.07) is 7.36. The molecule has 0 saturated heterocycles. The Balaban J connectivity index is 2.73. The van der Waals surface area contributed by atoms with E-state index in [2.05, 4.69) is 20.0 Å². The Kier molecular flexibility index (Phi) is 7.84. The van der Waals surface area contributed by atoms with Gasteiger partial charge < -0.3 is 9.68 Å². The van der Waals surface area contributed by atoms with E-state index in [1.807, 2.05) is 24.3 Å². The van der Waals surface area contributed by atoms with Gasteiger partial charge in [-0.25, -0.2) is 0 Å². The van der Waals surface area contributed by atoms with Gasteiger partial charge in [-0.15, -0.1) is 0 Å². The minimum atomic E-state index is -0.223. The van der Waals surface area contributed by atoms with Gasteiger partial charge in [0, 0.05) is 0 Å². The molecule has 0 N–H and O–H groups in total. The molecular weight excluding hydrogens is 308 g/mol. The van der Waals surface area contributed by atoms with E-state index in [1.54, 1.807) is 26.0 Å². The van der Waals surface area contributed by atoms with E-state index >= 15 is 0 Å². The fourth-order valence-electron chi connectivity index (χ4n) is 1.67. The number of carbonyl (C=O) groups excluding carboxylic acids is 2. The average Bonchev–Trinajstić information content (AvgIpc) is 2.58. The molecule has 0 aliphatic rings. The summed E-state index contributed by atoms with van der Waals surface area (Å²) in [5, 5.41) is 7.15. The molecule has 6 nitrogen and oxygen atoms in total. The molecular formula is C18H20N2O4. The zero-order valence-corrected chi connectivity index (χ0v) is 14.1. The summed E-state index contributed by atoms with van der Waals surface area (Å²) in [5.74, 6) is -0.446. The zero-order valence-electron chi connectivity index (χ0n) is 14.1. The Labute approximate surface area is 141 Å². The number of rotatable bonds is 8. The van der Waals surface area contributed by atoms with Gasteiger partial charge in [-0.3, -0.25) is 9.59 Å². The number of allylic oxidation sites excluding steroid dienone is 2. The number of benzene rings is 1. The molecule has 0 fully saturated rings. The Morgan fingerprint density at radius 2 is 1.12 bits per heavy atom. The second kappa shape index (κ2) is 9.89. The van der Waals surface area contributed by atoms with Crippen LogP contribution < -0.4 is 0 Å². The van der Waals surface area contributed by atoms with Crippen molar-refractivity contribution in [3.8, 4) is 0 Å². The minimum Gasteiger partial charge on any atom is -0.399 e. The van der Waals surface area contributed by atoms with Gasteiger partial charge in [0.1, 0.15) is 25.6 Å². The highest BCUT2D eigenvalue weighted by Gasteiger charge is 2.02. The molecule has 0 bridgehead atoms. The minimum absolute atomic E-state index is 0.223. The first-order valence-electron chi connectivity index (χ1n) is 7.18. The van der Waals surface area contributed by atoms with Crippen LogP contribution in [0.1, 0.15) is 25.0 Å². The first-order chi connectivity index (χ1) is 11.5. The Bertz CT molecular complexity index is 637. The van der Waals surface area contributed by atoms with Gasteiger partial charge in [0.2, 0.25) is 11.6 Å². The SMILES string of the molecule is CO/N=C(\C)C(=O)/C=C/c1ccc(/C=C/C(=O)/C(C)=N/OC)cc1. The molecule has 0 aromatic heterocycles. The third-order valence-electron chi connectivity index (χ3n) is 2.96. The van der Waals surface area contributed by atoms with Gasteiger partial charge in [0.15, 0.2) is 0 Å². The lowest BCUT2D eigenvalue weighted by molar-refractivity contribution is -0.109. The van der Waals surface area contributed by atoms with Gasteiger partial charge in [-0.2, -0.15) is 0 Å². The van der Waals surface area contributed by atoms with E-state index in [1.165, 1.54) is 26.4 Å². The van der Waals surface area contributed by atoms with Crippen molar-refractivity contribution in [2.45, 2.75) is 13.8 Å². The fraction of sp³-hybridized carbons (Fsp3) is 0.222. The van der Waals surface area contributed by atoms with Crippen LogP contribution in [0.25, 0.3) is 12.2 Å². The van der Waals surface area contributed by atoms with Crippen molar-refractivity contribution in [1.82, 2.24) is 0 Å². The van der Waals surface area contributed by atoms with Gasteiger partial charge in [0.25, 0.3) is 0 Å². The highest BCUT2D eigenvalue weighted by molar-refractivity contribution is 6.44. The van der Waals surface area contributed by atoms with Gasteiger partial charge in [-0.1, -0.05) is 46.7 Å².